The summed E-state index contributed by atoms with van der Waals surface area (Å²) in [6.45, 7) is 3.77. The van der Waals surface area contributed by atoms with Crippen molar-refractivity contribution in [2.24, 2.45) is 0 Å². The molecule has 0 saturated carbocycles. The highest BCUT2D eigenvalue weighted by atomic mass is 35.5. The summed E-state index contributed by atoms with van der Waals surface area (Å²) in [6, 6.07) is 7.03. The number of benzene rings is 1. The minimum atomic E-state index is 0.383. The molecule has 1 heterocycles. The Hall–Kier alpha value is -1.83. The van der Waals surface area contributed by atoms with Gasteiger partial charge in [-0.3, -0.25) is 0 Å². The van der Waals surface area contributed by atoms with Crippen LogP contribution in [0.2, 0.25) is 10.2 Å². The summed E-state index contributed by atoms with van der Waals surface area (Å²) in [7, 11) is 0. The zero-order valence-electron chi connectivity index (χ0n) is 10.3. The van der Waals surface area contributed by atoms with Gasteiger partial charge < -0.3 is 5.32 Å². The van der Waals surface area contributed by atoms with E-state index in [0.717, 1.165) is 11.1 Å². The van der Waals surface area contributed by atoms with Crippen molar-refractivity contribution in [1.82, 2.24) is 10.2 Å². The highest BCUT2D eigenvalue weighted by Crippen LogP contribution is 2.28. The van der Waals surface area contributed by atoms with E-state index in [1.54, 1.807) is 18.2 Å². The summed E-state index contributed by atoms with van der Waals surface area (Å²) in [6.07, 6.45) is 0. The molecule has 1 N–H and O–H groups in total. The lowest BCUT2D eigenvalue weighted by Crippen LogP contribution is -2.01. The predicted molar refractivity (Wildman–Crippen MR) is 76.0 cm³/mol. The minimum Gasteiger partial charge on any atom is -0.337 e. The highest BCUT2D eigenvalue weighted by Gasteiger charge is 2.10. The summed E-state index contributed by atoms with van der Waals surface area (Å²) < 4.78 is 0. The Morgan fingerprint density at radius 2 is 1.89 bits per heavy atom. The quantitative estimate of drug-likeness (QED) is 0.908. The van der Waals surface area contributed by atoms with Gasteiger partial charge in [0.15, 0.2) is 11.0 Å². The van der Waals surface area contributed by atoms with E-state index in [1.165, 1.54) is 0 Å². The lowest BCUT2D eigenvalue weighted by molar-refractivity contribution is 1.00. The fourth-order valence-electron chi connectivity index (χ4n) is 1.51. The van der Waals surface area contributed by atoms with E-state index in [9.17, 15) is 0 Å². The number of nitriles is 1. The Bertz CT molecular complexity index is 677. The van der Waals surface area contributed by atoms with Crippen LogP contribution in [0.1, 0.15) is 16.7 Å². The van der Waals surface area contributed by atoms with Gasteiger partial charge >= 0.3 is 0 Å². The summed E-state index contributed by atoms with van der Waals surface area (Å²) in [5.41, 5.74) is 2.94. The first kappa shape index (κ1) is 13.6. The van der Waals surface area contributed by atoms with Gasteiger partial charge in [-0.05, 0) is 43.2 Å². The van der Waals surface area contributed by atoms with Crippen LogP contribution in [0.3, 0.4) is 0 Å². The number of halogens is 2. The Kier molecular flexibility index (Phi) is 3.89. The number of rotatable bonds is 2. The van der Waals surface area contributed by atoms with Gasteiger partial charge in [-0.1, -0.05) is 23.2 Å². The number of anilines is 2. The van der Waals surface area contributed by atoms with Crippen molar-refractivity contribution in [2.45, 2.75) is 13.8 Å². The zero-order chi connectivity index (χ0) is 14.0. The average Bonchev–Trinajstić information content (AvgIpc) is 2.41. The lowest BCUT2D eigenvalue weighted by atomic mass is 10.2. The molecule has 4 nitrogen and oxygen atoms in total. The van der Waals surface area contributed by atoms with Crippen molar-refractivity contribution >= 4 is 34.7 Å². The lowest BCUT2D eigenvalue weighted by Gasteiger charge is -2.11. The highest BCUT2D eigenvalue weighted by molar-refractivity contribution is 6.33. The number of nitrogens with zero attached hydrogens (tertiary/aromatic N) is 3. The van der Waals surface area contributed by atoms with Gasteiger partial charge in [0.25, 0.3) is 0 Å². The van der Waals surface area contributed by atoms with E-state index in [-0.39, 0.29) is 0 Å². The van der Waals surface area contributed by atoms with Crippen molar-refractivity contribution in [3.8, 4) is 6.07 Å². The second kappa shape index (κ2) is 5.43. The summed E-state index contributed by atoms with van der Waals surface area (Å²) >= 11 is 12.0. The molecule has 19 heavy (non-hydrogen) atoms. The van der Waals surface area contributed by atoms with E-state index >= 15 is 0 Å². The maximum absolute atomic E-state index is 8.79. The molecule has 1 aromatic heterocycles. The molecule has 0 bridgehead atoms. The van der Waals surface area contributed by atoms with Crippen molar-refractivity contribution < 1.29 is 0 Å². The van der Waals surface area contributed by atoms with Crippen molar-refractivity contribution in [2.75, 3.05) is 5.32 Å². The van der Waals surface area contributed by atoms with E-state index in [1.807, 2.05) is 19.9 Å². The topological polar surface area (TPSA) is 61.6 Å². The fraction of sp³-hybridized carbons (Fsp3) is 0.154. The average molecular weight is 293 g/mol. The molecule has 96 valence electrons. The van der Waals surface area contributed by atoms with Gasteiger partial charge in [-0.25, -0.2) is 0 Å². The first-order valence-corrected chi connectivity index (χ1v) is 6.24. The van der Waals surface area contributed by atoms with Gasteiger partial charge in [0, 0.05) is 0 Å². The molecule has 0 fully saturated rings. The molecular weight excluding hydrogens is 283 g/mol. The summed E-state index contributed by atoms with van der Waals surface area (Å²) in [4.78, 5) is 0. The molecule has 0 unspecified atom stereocenters. The van der Waals surface area contributed by atoms with Gasteiger partial charge in [-0.15, -0.1) is 10.2 Å². The molecule has 0 spiro atoms. The normalized spacial score (nSPS) is 10.1. The van der Waals surface area contributed by atoms with Crippen molar-refractivity contribution in [3.63, 3.8) is 0 Å². The van der Waals surface area contributed by atoms with Crippen LogP contribution in [0.25, 0.3) is 0 Å². The molecule has 2 aromatic rings. The van der Waals surface area contributed by atoms with Gasteiger partial charge in [0.05, 0.1) is 22.3 Å². The molecule has 0 saturated heterocycles. The molecule has 0 aliphatic heterocycles. The predicted octanol–water partition coefficient (Wildman–Crippen LogP) is 4.02. The summed E-state index contributed by atoms with van der Waals surface area (Å²) in [5, 5.41) is 20.6. The van der Waals surface area contributed by atoms with E-state index in [4.69, 9.17) is 28.5 Å². The molecular formula is C13H10Cl2N4. The van der Waals surface area contributed by atoms with Crippen LogP contribution in [0.15, 0.2) is 18.2 Å². The van der Waals surface area contributed by atoms with Crippen LogP contribution in [-0.4, -0.2) is 10.2 Å². The Labute approximate surface area is 121 Å². The Balaban J connectivity index is 2.37. The molecule has 0 aliphatic rings. The molecule has 6 heteroatoms. The molecule has 2 rings (SSSR count). The van der Waals surface area contributed by atoms with Crippen LogP contribution in [0, 0.1) is 25.2 Å². The molecule has 0 atom stereocenters. The smallest absolute Gasteiger partial charge is 0.156 e. The van der Waals surface area contributed by atoms with Crippen LogP contribution >= 0.6 is 23.2 Å². The van der Waals surface area contributed by atoms with E-state index < -0.39 is 0 Å². The first-order valence-electron chi connectivity index (χ1n) is 5.49. The van der Waals surface area contributed by atoms with E-state index in [2.05, 4.69) is 15.5 Å². The largest absolute Gasteiger partial charge is 0.337 e. The van der Waals surface area contributed by atoms with Crippen molar-refractivity contribution in [1.29, 1.82) is 5.26 Å². The summed E-state index contributed by atoms with van der Waals surface area (Å²) in [5.74, 6) is 0.591. The number of nitrogens with one attached hydrogen (secondary N) is 1. The molecule has 0 aliphatic carbocycles. The molecule has 0 amide bonds. The minimum absolute atomic E-state index is 0.383. The fourth-order valence-corrected chi connectivity index (χ4v) is 1.92. The van der Waals surface area contributed by atoms with Gasteiger partial charge in [-0.2, -0.15) is 5.26 Å². The van der Waals surface area contributed by atoms with Crippen LogP contribution in [0.4, 0.5) is 11.5 Å². The third kappa shape index (κ3) is 2.78. The number of hydrogen-bond donors (Lipinski definition) is 1. The maximum Gasteiger partial charge on any atom is 0.156 e. The van der Waals surface area contributed by atoms with Crippen LogP contribution < -0.4 is 5.32 Å². The Morgan fingerprint density at radius 3 is 2.53 bits per heavy atom. The van der Waals surface area contributed by atoms with Crippen molar-refractivity contribution in [3.05, 3.63) is 45.1 Å². The second-order valence-electron chi connectivity index (χ2n) is 4.02. The molecule has 0 radical (unpaired) electrons. The van der Waals surface area contributed by atoms with E-state index in [0.29, 0.717) is 27.2 Å². The maximum atomic E-state index is 8.79. The van der Waals surface area contributed by atoms with Crippen LogP contribution in [0.5, 0.6) is 0 Å². The number of aromatic nitrogens is 2. The first-order chi connectivity index (χ1) is 9.02. The molecule has 1 aromatic carbocycles. The van der Waals surface area contributed by atoms with Gasteiger partial charge in [0.1, 0.15) is 0 Å². The van der Waals surface area contributed by atoms with Gasteiger partial charge in [0.2, 0.25) is 0 Å². The SMILES string of the molecule is Cc1c(Cl)nnc(Nc2ccc(C#N)cc2Cl)c1C. The zero-order valence-corrected chi connectivity index (χ0v) is 11.8. The third-order valence-corrected chi connectivity index (χ3v) is 3.49. The monoisotopic (exact) mass is 292 g/mol. The standard InChI is InChI=1S/C13H10Cl2N4/c1-7-8(2)13(19-18-12(7)15)17-11-4-3-9(6-16)5-10(11)14/h3-5H,1-2H3,(H,17,19). The second-order valence-corrected chi connectivity index (χ2v) is 4.79. The number of hydrogen-bond acceptors (Lipinski definition) is 4. The third-order valence-electron chi connectivity index (χ3n) is 2.82. The Morgan fingerprint density at radius 1 is 1.16 bits per heavy atom. The van der Waals surface area contributed by atoms with Crippen LogP contribution in [-0.2, 0) is 0 Å².